The maximum Gasteiger partial charge on any atom is 0.251 e. The molecule has 0 aliphatic heterocycles. The summed E-state index contributed by atoms with van der Waals surface area (Å²) in [6, 6.07) is 6.76. The van der Waals surface area contributed by atoms with Crippen LogP contribution in [0, 0.1) is 6.92 Å². The van der Waals surface area contributed by atoms with E-state index in [0.717, 1.165) is 15.7 Å². The van der Waals surface area contributed by atoms with E-state index in [1.807, 2.05) is 13.1 Å². The third kappa shape index (κ3) is 2.66. The molecule has 0 spiro atoms. The normalized spacial score (nSPS) is 10.9. The molecule has 7 heteroatoms. The Bertz CT molecular complexity index is 731. The SMILES string of the molecule is Cc1nn2cc(CNC(=O)c3ccc(Cl)cc3)nc2s1. The van der Waals surface area contributed by atoms with Crippen molar-refractivity contribution in [2.24, 2.45) is 0 Å². The molecule has 0 fully saturated rings. The van der Waals surface area contributed by atoms with Crippen LogP contribution in [0.25, 0.3) is 4.96 Å². The van der Waals surface area contributed by atoms with E-state index < -0.39 is 0 Å². The molecule has 3 rings (SSSR count). The number of hydrogen-bond donors (Lipinski definition) is 1. The molecule has 0 aliphatic rings. The van der Waals surface area contributed by atoms with Crippen LogP contribution in [-0.4, -0.2) is 20.5 Å². The summed E-state index contributed by atoms with van der Waals surface area (Å²) < 4.78 is 1.73. The van der Waals surface area contributed by atoms with Crippen molar-refractivity contribution >= 4 is 33.8 Å². The predicted molar refractivity (Wildman–Crippen MR) is 78.2 cm³/mol. The summed E-state index contributed by atoms with van der Waals surface area (Å²) in [6.07, 6.45) is 1.82. The molecule has 0 radical (unpaired) electrons. The third-order valence-electron chi connectivity index (χ3n) is 2.73. The van der Waals surface area contributed by atoms with Crippen LogP contribution in [0.3, 0.4) is 0 Å². The second-order valence-electron chi connectivity index (χ2n) is 4.27. The van der Waals surface area contributed by atoms with Crippen molar-refractivity contribution in [3.8, 4) is 0 Å². The Morgan fingerprint density at radius 1 is 1.40 bits per heavy atom. The topological polar surface area (TPSA) is 59.3 Å². The summed E-state index contributed by atoms with van der Waals surface area (Å²) in [6.45, 7) is 2.30. The van der Waals surface area contributed by atoms with Crippen molar-refractivity contribution in [1.29, 1.82) is 0 Å². The predicted octanol–water partition coefficient (Wildman–Crippen LogP) is 2.68. The van der Waals surface area contributed by atoms with Gasteiger partial charge in [0.1, 0.15) is 5.01 Å². The number of carbonyl (C=O) groups is 1. The quantitative estimate of drug-likeness (QED) is 0.809. The number of imidazole rings is 1. The van der Waals surface area contributed by atoms with Gasteiger partial charge in [0, 0.05) is 10.6 Å². The lowest BCUT2D eigenvalue weighted by molar-refractivity contribution is 0.0950. The fourth-order valence-corrected chi connectivity index (χ4v) is 2.67. The fraction of sp³-hybridized carbons (Fsp3) is 0.154. The highest BCUT2D eigenvalue weighted by atomic mass is 35.5. The van der Waals surface area contributed by atoms with Gasteiger partial charge < -0.3 is 5.32 Å². The molecule has 2 heterocycles. The minimum Gasteiger partial charge on any atom is -0.346 e. The third-order valence-corrected chi connectivity index (χ3v) is 3.82. The van der Waals surface area contributed by atoms with Gasteiger partial charge in [-0.2, -0.15) is 5.10 Å². The maximum atomic E-state index is 11.9. The van der Waals surface area contributed by atoms with Gasteiger partial charge >= 0.3 is 0 Å². The summed E-state index contributed by atoms with van der Waals surface area (Å²) in [7, 11) is 0. The average Bonchev–Trinajstić information content (AvgIpc) is 2.93. The minimum absolute atomic E-state index is 0.151. The molecule has 5 nitrogen and oxygen atoms in total. The van der Waals surface area contributed by atoms with Crippen LogP contribution in [0.4, 0.5) is 0 Å². The number of aryl methyl sites for hydroxylation is 1. The number of benzene rings is 1. The molecule has 102 valence electrons. The highest BCUT2D eigenvalue weighted by molar-refractivity contribution is 7.16. The average molecular weight is 307 g/mol. The van der Waals surface area contributed by atoms with Crippen LogP contribution >= 0.6 is 22.9 Å². The molecule has 20 heavy (non-hydrogen) atoms. The van der Waals surface area contributed by atoms with E-state index in [-0.39, 0.29) is 5.91 Å². The van der Waals surface area contributed by atoms with Gasteiger partial charge in [0.2, 0.25) is 4.96 Å². The standard InChI is InChI=1S/C13H11ClN4OS/c1-8-17-18-7-11(16-13(18)20-8)6-15-12(19)9-2-4-10(14)5-3-9/h2-5,7H,6H2,1H3,(H,15,19). The first kappa shape index (κ1) is 13.1. The van der Waals surface area contributed by atoms with Crippen LogP contribution in [-0.2, 0) is 6.54 Å². The first-order valence-electron chi connectivity index (χ1n) is 5.97. The Kier molecular flexibility index (Phi) is 3.42. The molecular formula is C13H11ClN4OS. The van der Waals surface area contributed by atoms with E-state index in [1.54, 1.807) is 28.8 Å². The van der Waals surface area contributed by atoms with E-state index >= 15 is 0 Å². The van der Waals surface area contributed by atoms with Crippen LogP contribution < -0.4 is 5.32 Å². The van der Waals surface area contributed by atoms with Gasteiger partial charge in [-0.1, -0.05) is 22.9 Å². The summed E-state index contributed by atoms with van der Waals surface area (Å²) in [4.78, 5) is 17.2. The van der Waals surface area contributed by atoms with E-state index in [1.165, 1.54) is 11.3 Å². The Balaban J connectivity index is 1.67. The van der Waals surface area contributed by atoms with Gasteiger partial charge in [-0.25, -0.2) is 9.50 Å². The van der Waals surface area contributed by atoms with Crippen molar-refractivity contribution < 1.29 is 4.79 Å². The number of fused-ring (bicyclic) bond motifs is 1. The largest absolute Gasteiger partial charge is 0.346 e. The molecular weight excluding hydrogens is 296 g/mol. The van der Waals surface area contributed by atoms with Crippen LogP contribution in [0.2, 0.25) is 5.02 Å². The zero-order chi connectivity index (χ0) is 14.1. The fourth-order valence-electron chi connectivity index (χ4n) is 1.80. The number of halogens is 1. The lowest BCUT2D eigenvalue weighted by atomic mass is 10.2. The van der Waals surface area contributed by atoms with E-state index in [4.69, 9.17) is 11.6 Å². The highest BCUT2D eigenvalue weighted by Crippen LogP contribution is 2.13. The smallest absolute Gasteiger partial charge is 0.251 e. The van der Waals surface area contributed by atoms with Crippen molar-refractivity contribution in [2.45, 2.75) is 13.5 Å². The summed E-state index contributed by atoms with van der Waals surface area (Å²) in [5, 5.41) is 8.66. The zero-order valence-electron chi connectivity index (χ0n) is 10.6. The summed E-state index contributed by atoms with van der Waals surface area (Å²) in [5.41, 5.74) is 1.36. The second-order valence-corrected chi connectivity index (χ2v) is 5.87. The number of nitrogens with zero attached hydrogens (tertiary/aromatic N) is 3. The Morgan fingerprint density at radius 3 is 2.85 bits per heavy atom. The zero-order valence-corrected chi connectivity index (χ0v) is 12.2. The minimum atomic E-state index is -0.151. The Morgan fingerprint density at radius 2 is 2.15 bits per heavy atom. The molecule has 1 N–H and O–H groups in total. The molecule has 0 unspecified atom stereocenters. The number of amides is 1. The van der Waals surface area contributed by atoms with Crippen LogP contribution in [0.5, 0.6) is 0 Å². The molecule has 0 saturated carbocycles. The molecule has 0 aliphatic carbocycles. The number of rotatable bonds is 3. The van der Waals surface area contributed by atoms with Crippen molar-refractivity contribution in [2.75, 3.05) is 0 Å². The lowest BCUT2D eigenvalue weighted by Crippen LogP contribution is -2.22. The summed E-state index contributed by atoms with van der Waals surface area (Å²) in [5.74, 6) is -0.151. The molecule has 3 aromatic rings. The number of nitrogens with one attached hydrogen (secondary N) is 1. The maximum absolute atomic E-state index is 11.9. The monoisotopic (exact) mass is 306 g/mol. The first-order chi connectivity index (χ1) is 9.61. The van der Waals surface area contributed by atoms with Gasteiger partial charge in [-0.05, 0) is 31.2 Å². The lowest BCUT2D eigenvalue weighted by Gasteiger charge is -2.03. The Hall–Kier alpha value is -1.92. The first-order valence-corrected chi connectivity index (χ1v) is 7.17. The van der Waals surface area contributed by atoms with Crippen molar-refractivity contribution in [3.63, 3.8) is 0 Å². The number of carbonyl (C=O) groups excluding carboxylic acids is 1. The van der Waals surface area contributed by atoms with Gasteiger partial charge in [0.25, 0.3) is 5.91 Å². The number of aromatic nitrogens is 3. The van der Waals surface area contributed by atoms with Gasteiger partial charge in [0.15, 0.2) is 0 Å². The molecule has 1 amide bonds. The molecule has 0 bridgehead atoms. The number of hydrogen-bond acceptors (Lipinski definition) is 4. The van der Waals surface area contributed by atoms with Crippen LogP contribution in [0.1, 0.15) is 21.1 Å². The molecule has 0 saturated heterocycles. The second kappa shape index (κ2) is 5.22. The molecule has 2 aromatic heterocycles. The molecule has 0 atom stereocenters. The van der Waals surface area contributed by atoms with Crippen LogP contribution in [0.15, 0.2) is 30.5 Å². The van der Waals surface area contributed by atoms with E-state index in [2.05, 4.69) is 15.4 Å². The van der Waals surface area contributed by atoms with Crippen molar-refractivity contribution in [1.82, 2.24) is 19.9 Å². The highest BCUT2D eigenvalue weighted by Gasteiger charge is 2.08. The van der Waals surface area contributed by atoms with Gasteiger partial charge in [-0.15, -0.1) is 0 Å². The van der Waals surface area contributed by atoms with Gasteiger partial charge in [-0.3, -0.25) is 4.79 Å². The molecule has 1 aromatic carbocycles. The van der Waals surface area contributed by atoms with E-state index in [9.17, 15) is 4.79 Å². The van der Waals surface area contributed by atoms with E-state index in [0.29, 0.717) is 17.1 Å². The van der Waals surface area contributed by atoms with Crippen molar-refractivity contribution in [3.05, 3.63) is 51.7 Å². The Labute approximate surface area is 124 Å². The summed E-state index contributed by atoms with van der Waals surface area (Å²) >= 11 is 7.30. The van der Waals surface area contributed by atoms with Gasteiger partial charge in [0.05, 0.1) is 18.4 Å².